The quantitative estimate of drug-likeness (QED) is 0.290. The minimum atomic E-state index is 0.00330. The van der Waals surface area contributed by atoms with Gasteiger partial charge in [0.25, 0.3) is 0 Å². The van der Waals surface area contributed by atoms with E-state index in [9.17, 15) is 4.79 Å². The van der Waals surface area contributed by atoms with Gasteiger partial charge in [0, 0.05) is 41.7 Å². The molecule has 0 unspecified atom stereocenters. The summed E-state index contributed by atoms with van der Waals surface area (Å²) in [7, 11) is 1.64. The zero-order valence-corrected chi connectivity index (χ0v) is 19.6. The Hall–Kier alpha value is -3.79. The predicted octanol–water partition coefficient (Wildman–Crippen LogP) is 7.05. The van der Waals surface area contributed by atoms with Crippen LogP contribution in [0.15, 0.2) is 83.5 Å². The molecule has 0 aliphatic rings. The lowest BCUT2D eigenvalue weighted by molar-refractivity contribution is -0.125. The van der Waals surface area contributed by atoms with Crippen LogP contribution in [-0.4, -0.2) is 31.0 Å². The number of ether oxygens (including phenoxy) is 1. The average molecular weight is 440 g/mol. The molecule has 0 N–H and O–H groups in total. The second kappa shape index (κ2) is 9.78. The molecule has 0 aliphatic carbocycles. The van der Waals surface area contributed by atoms with Crippen molar-refractivity contribution < 1.29 is 13.9 Å². The van der Waals surface area contributed by atoms with Crippen molar-refractivity contribution in [2.45, 2.75) is 20.8 Å². The highest BCUT2D eigenvalue weighted by Gasteiger charge is 2.16. The summed E-state index contributed by atoms with van der Waals surface area (Å²) in [5, 5.41) is 0.987. The molecule has 0 fully saturated rings. The monoisotopic (exact) mass is 439 g/mol. The number of allylic oxidation sites excluding steroid dienone is 1. The molecule has 0 spiro atoms. The second-order valence-corrected chi connectivity index (χ2v) is 7.98. The Labute approximate surface area is 195 Å². The third-order valence-electron chi connectivity index (χ3n) is 6.04. The lowest BCUT2D eigenvalue weighted by atomic mass is 9.97. The maximum Gasteiger partial charge on any atom is 0.246 e. The number of benzene rings is 3. The summed E-state index contributed by atoms with van der Waals surface area (Å²) in [6, 6.07) is 22.8. The summed E-state index contributed by atoms with van der Waals surface area (Å²) in [5.74, 6) is 0.687. The van der Waals surface area contributed by atoms with E-state index in [0.717, 1.165) is 33.2 Å². The minimum Gasteiger partial charge on any atom is -0.496 e. The van der Waals surface area contributed by atoms with Crippen molar-refractivity contribution in [2.24, 2.45) is 0 Å². The summed E-state index contributed by atoms with van der Waals surface area (Å²) < 4.78 is 11.5. The van der Waals surface area contributed by atoms with Gasteiger partial charge in [-0.25, -0.2) is 0 Å². The van der Waals surface area contributed by atoms with E-state index >= 15 is 0 Å². The lowest BCUT2D eigenvalue weighted by Crippen LogP contribution is -2.28. The van der Waals surface area contributed by atoms with Crippen LogP contribution in [0.5, 0.6) is 5.75 Å². The maximum absolute atomic E-state index is 12.6. The third kappa shape index (κ3) is 4.56. The molecule has 1 aromatic heterocycles. The SMILES string of the molecule is CCN(CC)C(=O)/C=C(\C)c1cc2c(-c3ccc(-c4ccccc4)cc3)coc2cc1OC. The van der Waals surface area contributed by atoms with E-state index in [2.05, 4.69) is 42.5 Å². The molecular weight excluding hydrogens is 410 g/mol. The molecule has 0 saturated heterocycles. The number of carbonyl (C=O) groups excluding carboxylic acids is 1. The van der Waals surface area contributed by atoms with Crippen LogP contribution in [0.1, 0.15) is 26.3 Å². The molecule has 4 nitrogen and oxygen atoms in total. The second-order valence-electron chi connectivity index (χ2n) is 7.98. The molecule has 1 heterocycles. The molecule has 4 aromatic rings. The molecule has 3 aromatic carbocycles. The van der Waals surface area contributed by atoms with Crippen molar-refractivity contribution in [3.63, 3.8) is 0 Å². The highest BCUT2D eigenvalue weighted by Crippen LogP contribution is 2.38. The van der Waals surface area contributed by atoms with Gasteiger partial charge in [0.05, 0.1) is 13.4 Å². The van der Waals surface area contributed by atoms with Crippen LogP contribution >= 0.6 is 0 Å². The van der Waals surface area contributed by atoms with Crippen LogP contribution in [0.25, 0.3) is 38.8 Å². The highest BCUT2D eigenvalue weighted by molar-refractivity contribution is 6.00. The van der Waals surface area contributed by atoms with E-state index < -0.39 is 0 Å². The van der Waals surface area contributed by atoms with Crippen LogP contribution in [0.2, 0.25) is 0 Å². The van der Waals surface area contributed by atoms with Crippen molar-refractivity contribution in [2.75, 3.05) is 20.2 Å². The number of fused-ring (bicyclic) bond motifs is 1. The normalized spacial score (nSPS) is 11.6. The molecule has 4 rings (SSSR count). The van der Waals surface area contributed by atoms with Crippen LogP contribution in [-0.2, 0) is 4.79 Å². The van der Waals surface area contributed by atoms with Gasteiger partial charge < -0.3 is 14.1 Å². The molecule has 4 heteroatoms. The standard InChI is InChI=1S/C29H29NO3/c1-5-30(6-2)29(31)16-20(3)24-17-25-26(19-33-28(25)18-27(24)32-4)23-14-12-22(13-15-23)21-10-8-7-9-11-21/h7-19H,5-6H2,1-4H3/b20-16+. The van der Waals surface area contributed by atoms with Crippen LogP contribution < -0.4 is 4.74 Å². The Morgan fingerprint density at radius 3 is 2.21 bits per heavy atom. The van der Waals surface area contributed by atoms with E-state index in [4.69, 9.17) is 9.15 Å². The number of nitrogens with zero attached hydrogens (tertiary/aromatic N) is 1. The van der Waals surface area contributed by atoms with Gasteiger partial charge in [-0.3, -0.25) is 4.79 Å². The van der Waals surface area contributed by atoms with Gasteiger partial charge in [-0.15, -0.1) is 0 Å². The zero-order valence-electron chi connectivity index (χ0n) is 19.6. The van der Waals surface area contributed by atoms with Crippen LogP contribution in [0.3, 0.4) is 0 Å². The fraction of sp³-hybridized carbons (Fsp3) is 0.207. The molecule has 0 radical (unpaired) electrons. The van der Waals surface area contributed by atoms with Gasteiger partial charge in [-0.2, -0.15) is 0 Å². The van der Waals surface area contributed by atoms with Crippen molar-refractivity contribution in [1.29, 1.82) is 0 Å². The summed E-state index contributed by atoms with van der Waals surface area (Å²) in [4.78, 5) is 14.4. The van der Waals surface area contributed by atoms with E-state index in [1.165, 1.54) is 11.1 Å². The van der Waals surface area contributed by atoms with Crippen LogP contribution in [0.4, 0.5) is 0 Å². The summed E-state index contributed by atoms with van der Waals surface area (Å²) in [6.07, 6.45) is 3.47. The van der Waals surface area contributed by atoms with Crippen molar-refractivity contribution in [3.8, 4) is 28.0 Å². The van der Waals surface area contributed by atoms with Gasteiger partial charge in [-0.1, -0.05) is 54.6 Å². The van der Waals surface area contributed by atoms with Gasteiger partial charge in [0.1, 0.15) is 11.3 Å². The predicted molar refractivity (Wildman–Crippen MR) is 135 cm³/mol. The number of likely N-dealkylation sites (N-methyl/N-ethyl adjacent to an activating group) is 1. The molecule has 168 valence electrons. The highest BCUT2D eigenvalue weighted by atomic mass is 16.5. The number of rotatable bonds is 7. The maximum atomic E-state index is 12.6. The Bertz CT molecular complexity index is 1280. The molecule has 0 aliphatic heterocycles. The third-order valence-corrected chi connectivity index (χ3v) is 6.04. The van der Waals surface area contributed by atoms with Gasteiger partial charge >= 0.3 is 0 Å². The first-order valence-electron chi connectivity index (χ1n) is 11.3. The Kier molecular flexibility index (Phi) is 6.64. The Morgan fingerprint density at radius 1 is 0.939 bits per heavy atom. The molecule has 0 saturated carbocycles. The first-order valence-corrected chi connectivity index (χ1v) is 11.3. The van der Waals surface area contributed by atoms with Gasteiger partial charge in [0.15, 0.2) is 0 Å². The number of hydrogen-bond acceptors (Lipinski definition) is 3. The summed E-state index contributed by atoms with van der Waals surface area (Å²) in [5.41, 5.74) is 6.93. The number of carbonyl (C=O) groups is 1. The topological polar surface area (TPSA) is 42.7 Å². The summed E-state index contributed by atoms with van der Waals surface area (Å²) >= 11 is 0. The van der Waals surface area contributed by atoms with Crippen molar-refractivity contribution >= 4 is 22.4 Å². The first-order chi connectivity index (χ1) is 16.0. The lowest BCUT2D eigenvalue weighted by Gasteiger charge is -2.17. The fourth-order valence-electron chi connectivity index (χ4n) is 4.12. The van der Waals surface area contributed by atoms with E-state index in [1.807, 2.05) is 45.0 Å². The van der Waals surface area contributed by atoms with E-state index in [0.29, 0.717) is 18.8 Å². The largest absolute Gasteiger partial charge is 0.496 e. The van der Waals surface area contributed by atoms with Crippen molar-refractivity contribution in [3.05, 3.63) is 84.6 Å². The van der Waals surface area contributed by atoms with Crippen molar-refractivity contribution in [1.82, 2.24) is 4.90 Å². The fourth-order valence-corrected chi connectivity index (χ4v) is 4.12. The van der Waals surface area contributed by atoms with Gasteiger partial charge in [0.2, 0.25) is 5.91 Å². The molecular formula is C29H29NO3. The minimum absolute atomic E-state index is 0.00330. The molecule has 0 bridgehead atoms. The first kappa shape index (κ1) is 22.4. The zero-order chi connectivity index (χ0) is 23.4. The molecule has 33 heavy (non-hydrogen) atoms. The number of amides is 1. The smallest absolute Gasteiger partial charge is 0.246 e. The summed E-state index contributed by atoms with van der Waals surface area (Å²) in [6.45, 7) is 7.27. The van der Waals surface area contributed by atoms with E-state index in [1.54, 1.807) is 24.3 Å². The number of furan rings is 1. The number of hydrogen-bond donors (Lipinski definition) is 0. The average Bonchev–Trinajstić information content (AvgIpc) is 3.27. The van der Waals surface area contributed by atoms with E-state index in [-0.39, 0.29) is 5.91 Å². The Morgan fingerprint density at radius 2 is 1.58 bits per heavy atom. The van der Waals surface area contributed by atoms with Crippen LogP contribution in [0, 0.1) is 0 Å². The molecule has 1 amide bonds. The molecule has 0 atom stereocenters. The number of methoxy groups -OCH3 is 1. The Balaban J connectivity index is 1.74. The van der Waals surface area contributed by atoms with Gasteiger partial charge in [-0.05, 0) is 49.1 Å².